The Kier molecular flexibility index (Phi) is 5.88. The molecule has 2 amide bonds. The fraction of sp³-hybridized carbons (Fsp3) is 0.190. The van der Waals surface area contributed by atoms with E-state index in [-0.39, 0.29) is 5.75 Å². The number of aliphatic imine (C=N–C) groups is 1. The molecule has 2 unspecified atom stereocenters. The van der Waals surface area contributed by atoms with Crippen LogP contribution in [-0.4, -0.2) is 27.6 Å². The number of carbonyl (C=O) groups excluding carboxylic acids is 2. The van der Waals surface area contributed by atoms with Crippen LogP contribution in [0.4, 0.5) is 5.13 Å². The molecule has 0 spiro atoms. The number of para-hydroxylation sites is 1. The van der Waals surface area contributed by atoms with Crippen LogP contribution in [0.5, 0.6) is 0 Å². The van der Waals surface area contributed by atoms with Crippen molar-refractivity contribution in [3.8, 4) is 6.07 Å². The molecule has 3 heterocycles. The van der Waals surface area contributed by atoms with Gasteiger partial charge in [-0.25, -0.2) is 9.98 Å². The van der Waals surface area contributed by atoms with Crippen LogP contribution in [0.2, 0.25) is 0 Å². The number of carbonyl (C=O) groups is 2. The molecule has 3 aromatic rings. The van der Waals surface area contributed by atoms with Gasteiger partial charge in [0.2, 0.25) is 5.91 Å². The van der Waals surface area contributed by atoms with E-state index >= 15 is 0 Å². The number of nitrogens with zero attached hydrogens (tertiary/aromatic N) is 3. The first kappa shape index (κ1) is 20.8. The van der Waals surface area contributed by atoms with Gasteiger partial charge in [0.05, 0.1) is 44.8 Å². The molecule has 10 heteroatoms. The molecule has 31 heavy (non-hydrogen) atoms. The van der Waals surface area contributed by atoms with Crippen molar-refractivity contribution in [1.29, 1.82) is 5.26 Å². The number of nitrogens with one attached hydrogen (secondary N) is 1. The topological polar surface area (TPSA) is 134 Å². The highest BCUT2D eigenvalue weighted by Crippen LogP contribution is 2.41. The lowest BCUT2D eigenvalue weighted by Crippen LogP contribution is -2.31. The van der Waals surface area contributed by atoms with Gasteiger partial charge in [-0.1, -0.05) is 35.2 Å². The van der Waals surface area contributed by atoms with Gasteiger partial charge in [0.15, 0.2) is 5.13 Å². The summed E-state index contributed by atoms with van der Waals surface area (Å²) in [6.45, 7) is 1.70. The normalized spacial score (nSPS) is 18.5. The number of hydrogen-bond donors (Lipinski definition) is 2. The second-order valence-electron chi connectivity index (χ2n) is 6.74. The fourth-order valence-corrected chi connectivity index (χ4v) is 5.12. The number of anilines is 1. The van der Waals surface area contributed by atoms with Gasteiger partial charge in [0, 0.05) is 5.70 Å². The van der Waals surface area contributed by atoms with Crippen molar-refractivity contribution in [2.75, 3.05) is 11.1 Å². The number of fused-ring (bicyclic) bond motifs is 1. The van der Waals surface area contributed by atoms with E-state index in [1.54, 1.807) is 19.1 Å². The Morgan fingerprint density at radius 1 is 1.32 bits per heavy atom. The van der Waals surface area contributed by atoms with E-state index < -0.39 is 23.7 Å². The Labute approximate surface area is 185 Å². The number of thioether (sulfide) groups is 1. The number of benzene rings is 1. The Morgan fingerprint density at radius 2 is 2.13 bits per heavy atom. The summed E-state index contributed by atoms with van der Waals surface area (Å²) in [4.78, 5) is 33.4. The maximum absolute atomic E-state index is 13.3. The summed E-state index contributed by atoms with van der Waals surface area (Å²) >= 11 is 2.46. The molecule has 2 atom stereocenters. The van der Waals surface area contributed by atoms with Gasteiger partial charge in [0.1, 0.15) is 11.7 Å². The number of nitrogens with two attached hydrogens (primary N) is 1. The summed E-state index contributed by atoms with van der Waals surface area (Å²) in [6.07, 6.45) is 1.49. The molecule has 0 radical (unpaired) electrons. The van der Waals surface area contributed by atoms with Crippen molar-refractivity contribution in [1.82, 2.24) is 4.98 Å². The number of aromatic nitrogens is 1. The van der Waals surface area contributed by atoms with Gasteiger partial charge in [-0.3, -0.25) is 14.9 Å². The molecule has 3 N–H and O–H groups in total. The molecular formula is C21H17N5O3S2. The lowest BCUT2D eigenvalue weighted by atomic mass is 9.81. The molecule has 8 nitrogen and oxygen atoms in total. The summed E-state index contributed by atoms with van der Waals surface area (Å²) in [5, 5.41) is 13.6. The largest absolute Gasteiger partial charge is 0.469 e. The van der Waals surface area contributed by atoms with Gasteiger partial charge < -0.3 is 10.2 Å². The number of rotatable bonds is 5. The Morgan fingerprint density at radius 3 is 2.81 bits per heavy atom. The van der Waals surface area contributed by atoms with E-state index in [2.05, 4.69) is 21.4 Å². The standard InChI is InChI=1S/C21H17N5O3S2/c1-11-17(19(28)26-21-25-13-5-2-3-7-15(13)31-21)18(14-6-4-8-29-14)12(9-22)20(24-11)30-10-16(23)27/h2-8,12,18H,10H2,1H3,(H2,23,27)(H,25,26,28). The smallest absolute Gasteiger partial charge is 0.256 e. The van der Waals surface area contributed by atoms with Gasteiger partial charge >= 0.3 is 0 Å². The average molecular weight is 452 g/mol. The van der Waals surface area contributed by atoms with E-state index in [0.29, 0.717) is 27.2 Å². The van der Waals surface area contributed by atoms with E-state index in [1.165, 1.54) is 17.6 Å². The lowest BCUT2D eigenvalue weighted by molar-refractivity contribution is -0.115. The van der Waals surface area contributed by atoms with E-state index in [9.17, 15) is 14.9 Å². The van der Waals surface area contributed by atoms with Crippen molar-refractivity contribution < 1.29 is 14.0 Å². The monoisotopic (exact) mass is 451 g/mol. The first-order chi connectivity index (χ1) is 15.0. The van der Waals surface area contributed by atoms with Crippen LogP contribution in [0, 0.1) is 17.2 Å². The van der Waals surface area contributed by atoms with Crippen LogP contribution in [0.3, 0.4) is 0 Å². The van der Waals surface area contributed by atoms with Gasteiger partial charge in [-0.05, 0) is 31.2 Å². The summed E-state index contributed by atoms with van der Waals surface area (Å²) < 4.78 is 6.52. The van der Waals surface area contributed by atoms with Crippen molar-refractivity contribution in [2.45, 2.75) is 12.8 Å². The summed E-state index contributed by atoms with van der Waals surface area (Å²) in [5.74, 6) is -1.94. The summed E-state index contributed by atoms with van der Waals surface area (Å²) in [7, 11) is 0. The van der Waals surface area contributed by atoms with E-state index in [0.717, 1.165) is 22.0 Å². The molecule has 0 saturated carbocycles. The number of primary amides is 1. The number of allylic oxidation sites excluding steroid dienone is 1. The number of nitriles is 1. The van der Waals surface area contributed by atoms with Crippen LogP contribution < -0.4 is 11.1 Å². The van der Waals surface area contributed by atoms with E-state index in [1.807, 2.05) is 24.3 Å². The minimum atomic E-state index is -0.796. The maximum atomic E-state index is 13.3. The second-order valence-corrected chi connectivity index (χ2v) is 8.77. The molecule has 1 aliphatic heterocycles. The zero-order chi connectivity index (χ0) is 22.0. The molecule has 0 aliphatic carbocycles. The number of furan rings is 1. The third-order valence-electron chi connectivity index (χ3n) is 4.69. The predicted octanol–water partition coefficient (Wildman–Crippen LogP) is 3.66. The zero-order valence-corrected chi connectivity index (χ0v) is 18.0. The van der Waals surface area contributed by atoms with Crippen LogP contribution in [0.1, 0.15) is 18.6 Å². The molecule has 0 saturated heterocycles. The predicted molar refractivity (Wildman–Crippen MR) is 121 cm³/mol. The van der Waals surface area contributed by atoms with Gasteiger partial charge in [-0.2, -0.15) is 5.26 Å². The minimum absolute atomic E-state index is 0.0115. The minimum Gasteiger partial charge on any atom is -0.469 e. The van der Waals surface area contributed by atoms with E-state index in [4.69, 9.17) is 10.2 Å². The Hall–Kier alpha value is -3.42. The molecule has 1 aromatic carbocycles. The highest BCUT2D eigenvalue weighted by molar-refractivity contribution is 8.14. The SMILES string of the molecule is CC1=C(C(=O)Nc2nc3ccccc3s2)C(c2ccco2)C(C#N)C(SCC(N)=O)=N1. The molecule has 156 valence electrons. The van der Waals surface area contributed by atoms with Crippen molar-refractivity contribution in [2.24, 2.45) is 16.6 Å². The lowest BCUT2D eigenvalue weighted by Gasteiger charge is -2.28. The Balaban J connectivity index is 1.72. The van der Waals surface area contributed by atoms with Gasteiger partial charge in [0.25, 0.3) is 5.91 Å². The first-order valence-corrected chi connectivity index (χ1v) is 11.1. The third-order valence-corrected chi connectivity index (χ3v) is 6.71. The van der Waals surface area contributed by atoms with Crippen LogP contribution >= 0.6 is 23.1 Å². The van der Waals surface area contributed by atoms with Crippen LogP contribution in [-0.2, 0) is 9.59 Å². The van der Waals surface area contributed by atoms with Crippen LogP contribution in [0.25, 0.3) is 10.2 Å². The van der Waals surface area contributed by atoms with Gasteiger partial charge in [-0.15, -0.1) is 0 Å². The quantitative estimate of drug-likeness (QED) is 0.608. The molecule has 1 aliphatic rings. The highest BCUT2D eigenvalue weighted by Gasteiger charge is 2.40. The Bertz CT molecular complexity index is 1220. The first-order valence-electron chi connectivity index (χ1n) is 9.28. The number of thiazole rings is 1. The summed E-state index contributed by atoms with van der Waals surface area (Å²) in [6, 6.07) is 13.2. The number of hydrogen-bond acceptors (Lipinski definition) is 8. The molecule has 2 aromatic heterocycles. The maximum Gasteiger partial charge on any atom is 0.256 e. The van der Waals surface area contributed by atoms with Crippen molar-refractivity contribution >= 4 is 55.3 Å². The molecular weight excluding hydrogens is 434 g/mol. The highest BCUT2D eigenvalue weighted by atomic mass is 32.2. The number of amides is 2. The molecule has 4 rings (SSSR count). The third kappa shape index (κ3) is 4.23. The zero-order valence-electron chi connectivity index (χ0n) is 16.4. The summed E-state index contributed by atoms with van der Waals surface area (Å²) in [5.41, 5.74) is 6.81. The molecule has 0 fully saturated rings. The van der Waals surface area contributed by atoms with Crippen molar-refractivity contribution in [3.63, 3.8) is 0 Å². The fourth-order valence-electron chi connectivity index (χ4n) is 3.40. The van der Waals surface area contributed by atoms with Crippen molar-refractivity contribution in [3.05, 3.63) is 59.7 Å². The average Bonchev–Trinajstić information content (AvgIpc) is 3.40. The van der Waals surface area contributed by atoms with Crippen LogP contribution in [0.15, 0.2) is 63.3 Å². The second kappa shape index (κ2) is 8.75. The molecule has 0 bridgehead atoms.